The molecule has 0 radical (unpaired) electrons. The fraction of sp³-hybridized carbons (Fsp3) is 0.160. The number of rotatable bonds is 4. The molecule has 2 aliphatic heterocycles. The first-order chi connectivity index (χ1) is 16.7. The minimum atomic E-state index is -4.94. The molecule has 1 amide bonds. The number of anilines is 1. The molecule has 3 heterocycles. The molecule has 1 N–H and O–H groups in total. The van der Waals surface area contributed by atoms with Crippen LogP contribution in [0.4, 0.5) is 18.9 Å². The van der Waals surface area contributed by atoms with E-state index < -0.39 is 35.6 Å². The first-order valence-corrected chi connectivity index (χ1v) is 10.6. The number of nitrogens with zero attached hydrogens (tertiary/aromatic N) is 2. The second-order valence-corrected chi connectivity index (χ2v) is 7.92. The Balaban J connectivity index is 1.65. The molecule has 3 aromatic rings. The lowest BCUT2D eigenvalue weighted by atomic mass is 9.95. The molecule has 1 unspecified atom stereocenters. The van der Waals surface area contributed by atoms with Gasteiger partial charge in [0.1, 0.15) is 17.3 Å². The van der Waals surface area contributed by atoms with Crippen LogP contribution in [0.1, 0.15) is 22.7 Å². The number of alkyl halides is 3. The summed E-state index contributed by atoms with van der Waals surface area (Å²) < 4.78 is 47.8. The van der Waals surface area contributed by atoms with Crippen LogP contribution in [0.25, 0.3) is 5.76 Å². The van der Waals surface area contributed by atoms with Gasteiger partial charge in [0.15, 0.2) is 0 Å². The van der Waals surface area contributed by atoms with Gasteiger partial charge in [0.2, 0.25) is 0 Å². The van der Waals surface area contributed by atoms with E-state index in [1.807, 2.05) is 0 Å². The van der Waals surface area contributed by atoms with Gasteiger partial charge in [-0.1, -0.05) is 12.1 Å². The maximum Gasteiger partial charge on any atom is 0.573 e. The van der Waals surface area contributed by atoms with Gasteiger partial charge in [-0.2, -0.15) is 0 Å². The van der Waals surface area contributed by atoms with Crippen LogP contribution in [0.3, 0.4) is 0 Å². The zero-order valence-electron chi connectivity index (χ0n) is 18.0. The first-order valence-electron chi connectivity index (χ1n) is 10.6. The van der Waals surface area contributed by atoms with E-state index in [-0.39, 0.29) is 11.3 Å². The number of hydrogen-bond donors (Lipinski definition) is 1. The third-order valence-electron chi connectivity index (χ3n) is 5.74. The van der Waals surface area contributed by atoms with Crippen molar-refractivity contribution in [1.82, 2.24) is 4.98 Å². The number of pyridine rings is 1. The number of halogens is 3. The van der Waals surface area contributed by atoms with Crippen LogP contribution in [0.5, 0.6) is 11.5 Å². The quantitative estimate of drug-likeness (QED) is 0.334. The van der Waals surface area contributed by atoms with Gasteiger partial charge in [0.05, 0.1) is 18.2 Å². The van der Waals surface area contributed by atoms with E-state index in [4.69, 9.17) is 4.74 Å². The van der Waals surface area contributed by atoms with Gasteiger partial charge in [-0.05, 0) is 47.5 Å². The highest BCUT2D eigenvalue weighted by molar-refractivity contribution is 6.51. The van der Waals surface area contributed by atoms with Crippen LogP contribution in [0.2, 0.25) is 0 Å². The zero-order valence-corrected chi connectivity index (χ0v) is 18.0. The van der Waals surface area contributed by atoms with Gasteiger partial charge < -0.3 is 14.6 Å². The molecule has 0 aliphatic carbocycles. The van der Waals surface area contributed by atoms with Gasteiger partial charge in [0, 0.05) is 36.1 Å². The summed E-state index contributed by atoms with van der Waals surface area (Å²) in [5, 5.41) is 11.2. The van der Waals surface area contributed by atoms with Gasteiger partial charge in [0.25, 0.3) is 11.7 Å². The first kappa shape index (κ1) is 22.5. The second kappa shape index (κ2) is 8.46. The monoisotopic (exact) mass is 482 g/mol. The number of fused-ring (bicyclic) bond motifs is 1. The third kappa shape index (κ3) is 4.18. The lowest BCUT2D eigenvalue weighted by Crippen LogP contribution is -2.29. The Hall–Kier alpha value is -4.34. The molecular formula is C25H17F3N2O5. The van der Waals surface area contributed by atoms with Crippen molar-refractivity contribution in [2.45, 2.75) is 18.8 Å². The fourth-order valence-electron chi connectivity index (χ4n) is 4.27. The van der Waals surface area contributed by atoms with E-state index in [1.54, 1.807) is 30.3 Å². The summed E-state index contributed by atoms with van der Waals surface area (Å²) in [7, 11) is 0. The summed E-state index contributed by atoms with van der Waals surface area (Å²) >= 11 is 0. The van der Waals surface area contributed by atoms with Crippen LogP contribution < -0.4 is 14.4 Å². The van der Waals surface area contributed by atoms with Crippen molar-refractivity contribution in [2.75, 3.05) is 11.5 Å². The minimum absolute atomic E-state index is 0.0101. The van der Waals surface area contributed by atoms with Crippen molar-refractivity contribution >= 4 is 23.1 Å². The standard InChI is InChI=1S/C25H17F3N2O5/c26-25(27,28)35-18-5-1-4-17(12-18)30-21(16-3-2-9-29-13-16)20(23(32)24(30)33)22(31)15-6-7-19-14(11-15)8-10-34-19/h1-7,9,11-13,21,31H,8,10H2/b22-20-. The third-order valence-corrected chi connectivity index (χ3v) is 5.74. The predicted molar refractivity (Wildman–Crippen MR) is 118 cm³/mol. The van der Waals surface area contributed by atoms with Crippen LogP contribution in [0, 0.1) is 0 Å². The summed E-state index contributed by atoms with van der Waals surface area (Å²) in [5.41, 5.74) is 1.33. The van der Waals surface area contributed by atoms with Crippen LogP contribution in [0.15, 0.2) is 72.6 Å². The average molecular weight is 482 g/mol. The Morgan fingerprint density at radius 2 is 1.94 bits per heavy atom. The van der Waals surface area contributed by atoms with Gasteiger partial charge >= 0.3 is 6.36 Å². The molecule has 0 bridgehead atoms. The number of Topliss-reactive ketones (excluding diaryl/α,β-unsaturated/α-hetero) is 1. The molecule has 2 aliphatic rings. The zero-order chi connectivity index (χ0) is 24.7. The topological polar surface area (TPSA) is 89.0 Å². The molecular weight excluding hydrogens is 465 g/mol. The molecule has 1 fully saturated rings. The Morgan fingerprint density at radius 1 is 1.11 bits per heavy atom. The van der Waals surface area contributed by atoms with E-state index in [0.717, 1.165) is 22.6 Å². The largest absolute Gasteiger partial charge is 0.573 e. The van der Waals surface area contributed by atoms with Crippen molar-refractivity contribution in [3.8, 4) is 11.5 Å². The van der Waals surface area contributed by atoms with Crippen molar-refractivity contribution in [2.24, 2.45) is 0 Å². The van der Waals surface area contributed by atoms with E-state index in [2.05, 4.69) is 9.72 Å². The van der Waals surface area contributed by atoms with Crippen LogP contribution in [-0.4, -0.2) is 34.8 Å². The highest BCUT2D eigenvalue weighted by Crippen LogP contribution is 2.43. The van der Waals surface area contributed by atoms with Crippen LogP contribution >= 0.6 is 0 Å². The molecule has 0 spiro atoms. The number of ketones is 1. The molecule has 10 heteroatoms. The molecule has 178 valence electrons. The molecule has 1 saturated heterocycles. The number of ether oxygens (including phenoxy) is 2. The molecule has 35 heavy (non-hydrogen) atoms. The van der Waals surface area contributed by atoms with E-state index >= 15 is 0 Å². The number of benzene rings is 2. The number of amides is 1. The van der Waals surface area contributed by atoms with Crippen molar-refractivity contribution in [3.05, 3.63) is 89.3 Å². The fourth-order valence-corrected chi connectivity index (χ4v) is 4.27. The normalized spacial score (nSPS) is 18.9. The van der Waals surface area contributed by atoms with Crippen LogP contribution in [-0.2, 0) is 16.0 Å². The maximum atomic E-state index is 13.2. The highest BCUT2D eigenvalue weighted by Gasteiger charge is 2.47. The van der Waals surface area contributed by atoms with Crippen molar-refractivity contribution in [1.29, 1.82) is 0 Å². The summed E-state index contributed by atoms with van der Waals surface area (Å²) in [5.74, 6) is -2.27. The predicted octanol–water partition coefficient (Wildman–Crippen LogP) is 4.54. The molecule has 7 nitrogen and oxygen atoms in total. The Labute approximate surface area is 197 Å². The van der Waals surface area contributed by atoms with E-state index in [1.165, 1.54) is 24.5 Å². The molecule has 0 saturated carbocycles. The van der Waals surface area contributed by atoms with Crippen molar-refractivity contribution < 1.29 is 37.3 Å². The Bertz CT molecular complexity index is 1350. The van der Waals surface area contributed by atoms with E-state index in [0.29, 0.717) is 29.9 Å². The maximum absolute atomic E-state index is 13.2. The number of aliphatic hydroxyl groups is 1. The Kier molecular flexibility index (Phi) is 5.43. The highest BCUT2D eigenvalue weighted by atomic mass is 19.4. The summed E-state index contributed by atoms with van der Waals surface area (Å²) in [4.78, 5) is 31.4. The smallest absolute Gasteiger partial charge is 0.507 e. The lowest BCUT2D eigenvalue weighted by molar-refractivity contribution is -0.274. The second-order valence-electron chi connectivity index (χ2n) is 7.92. The number of carbonyl (C=O) groups excluding carboxylic acids is 2. The van der Waals surface area contributed by atoms with Crippen molar-refractivity contribution in [3.63, 3.8) is 0 Å². The molecule has 1 atom stereocenters. The number of aliphatic hydroxyl groups excluding tert-OH is 1. The van der Waals surface area contributed by atoms with Gasteiger partial charge in [-0.15, -0.1) is 13.2 Å². The van der Waals surface area contributed by atoms with Gasteiger partial charge in [-0.25, -0.2) is 0 Å². The number of carbonyl (C=O) groups is 2. The average Bonchev–Trinajstić information content (AvgIpc) is 3.40. The van der Waals surface area contributed by atoms with Gasteiger partial charge in [-0.3, -0.25) is 19.5 Å². The molecule has 5 rings (SSSR count). The lowest BCUT2D eigenvalue weighted by Gasteiger charge is -2.25. The van der Waals surface area contributed by atoms with E-state index in [9.17, 15) is 27.9 Å². The molecule has 1 aromatic heterocycles. The number of aromatic nitrogens is 1. The summed E-state index contributed by atoms with van der Waals surface area (Å²) in [6, 6.07) is 11.7. The minimum Gasteiger partial charge on any atom is -0.507 e. The summed E-state index contributed by atoms with van der Waals surface area (Å²) in [6.45, 7) is 0.496. The molecule has 2 aromatic carbocycles. The summed E-state index contributed by atoms with van der Waals surface area (Å²) in [6.07, 6.45) is -1.40. The Morgan fingerprint density at radius 3 is 2.69 bits per heavy atom. The SMILES string of the molecule is O=C1C(=O)N(c2cccc(OC(F)(F)F)c2)C(c2cccnc2)/C1=C(/O)c1ccc2c(c1)CCO2. The number of hydrogen-bond acceptors (Lipinski definition) is 6.